The maximum absolute atomic E-state index is 12.4. The van der Waals surface area contributed by atoms with E-state index in [1.807, 2.05) is 24.3 Å². The third kappa shape index (κ3) is 4.43. The third-order valence-corrected chi connectivity index (χ3v) is 4.75. The number of carbonyl (C=O) groups excluding carboxylic acids is 2. The largest absolute Gasteiger partial charge is 0.448 e. The zero-order valence-electron chi connectivity index (χ0n) is 14.8. The molecule has 0 bridgehead atoms. The van der Waals surface area contributed by atoms with Crippen molar-refractivity contribution in [2.75, 3.05) is 0 Å². The van der Waals surface area contributed by atoms with Crippen LogP contribution in [-0.2, 0) is 9.53 Å². The number of amides is 1. The lowest BCUT2D eigenvalue weighted by Crippen LogP contribution is -2.37. The van der Waals surface area contributed by atoms with E-state index in [0.717, 1.165) is 16.5 Å². The van der Waals surface area contributed by atoms with Crippen LogP contribution in [0.4, 0.5) is 0 Å². The molecule has 0 aliphatic heterocycles. The predicted octanol–water partition coefficient (Wildman–Crippen LogP) is 4.90. The highest BCUT2D eigenvalue weighted by molar-refractivity contribution is 6.35. The van der Waals surface area contributed by atoms with Crippen molar-refractivity contribution in [2.24, 2.45) is 0 Å². The molecule has 3 rings (SSSR count). The molecule has 1 aromatic heterocycles. The molecule has 140 valence electrons. The van der Waals surface area contributed by atoms with Crippen molar-refractivity contribution in [2.45, 2.75) is 26.0 Å². The Kier molecular flexibility index (Phi) is 5.73. The van der Waals surface area contributed by atoms with Gasteiger partial charge in [0.25, 0.3) is 5.91 Å². The van der Waals surface area contributed by atoms with Gasteiger partial charge in [0, 0.05) is 20.9 Å². The summed E-state index contributed by atoms with van der Waals surface area (Å²) in [5.41, 5.74) is 1.85. The number of hydrogen-bond donors (Lipinski definition) is 2. The van der Waals surface area contributed by atoms with Crippen molar-refractivity contribution in [1.29, 1.82) is 0 Å². The molecule has 0 spiro atoms. The monoisotopic (exact) mass is 404 g/mol. The molecule has 0 aliphatic rings. The molecular weight excluding hydrogens is 387 g/mol. The second kappa shape index (κ2) is 8.03. The summed E-state index contributed by atoms with van der Waals surface area (Å²) in [6, 6.07) is 13.9. The first-order valence-electron chi connectivity index (χ1n) is 8.39. The standard InChI is InChI=1S/C20H18Cl2N2O3/c1-11(15-8-7-14(21)10-16(15)22)23-19(25)12(2)27-20(26)18-9-13-5-3-4-6-17(13)24-18/h3-12,24H,1-2H3,(H,23,25)/t11-,12+/m0/s1. The fourth-order valence-corrected chi connectivity index (χ4v) is 3.29. The first kappa shape index (κ1) is 19.3. The number of esters is 1. The van der Waals surface area contributed by atoms with Crippen LogP contribution in [0.3, 0.4) is 0 Å². The second-order valence-electron chi connectivity index (χ2n) is 6.21. The molecule has 2 atom stereocenters. The molecule has 27 heavy (non-hydrogen) atoms. The molecule has 0 fully saturated rings. The summed E-state index contributed by atoms with van der Waals surface area (Å²) in [4.78, 5) is 27.7. The fraction of sp³-hybridized carbons (Fsp3) is 0.200. The number of carbonyl (C=O) groups is 2. The minimum atomic E-state index is -0.961. The summed E-state index contributed by atoms with van der Waals surface area (Å²) in [5.74, 6) is -1.01. The number of H-pyrrole nitrogens is 1. The number of fused-ring (bicyclic) bond motifs is 1. The van der Waals surface area contributed by atoms with Crippen LogP contribution >= 0.6 is 23.2 Å². The molecule has 1 amide bonds. The number of aromatic amines is 1. The first-order chi connectivity index (χ1) is 12.8. The fourth-order valence-electron chi connectivity index (χ4n) is 2.72. The van der Waals surface area contributed by atoms with Crippen LogP contribution in [0, 0.1) is 0 Å². The van der Waals surface area contributed by atoms with Gasteiger partial charge in [-0.2, -0.15) is 0 Å². The summed E-state index contributed by atoms with van der Waals surface area (Å²) in [7, 11) is 0. The number of rotatable bonds is 5. The molecule has 0 saturated carbocycles. The van der Waals surface area contributed by atoms with Gasteiger partial charge in [-0.1, -0.05) is 47.5 Å². The Bertz CT molecular complexity index is 967. The van der Waals surface area contributed by atoms with Crippen molar-refractivity contribution < 1.29 is 14.3 Å². The van der Waals surface area contributed by atoms with Crippen LogP contribution in [0.2, 0.25) is 10.0 Å². The van der Waals surface area contributed by atoms with E-state index in [1.54, 1.807) is 31.2 Å². The molecule has 3 aromatic rings. The molecular formula is C20H18Cl2N2O3. The number of aromatic nitrogens is 1. The average Bonchev–Trinajstić information content (AvgIpc) is 3.05. The highest BCUT2D eigenvalue weighted by atomic mass is 35.5. The van der Waals surface area contributed by atoms with Crippen LogP contribution in [0.25, 0.3) is 10.9 Å². The number of ether oxygens (including phenoxy) is 1. The summed E-state index contributed by atoms with van der Waals surface area (Å²) < 4.78 is 5.28. The Morgan fingerprint density at radius 1 is 1.07 bits per heavy atom. The van der Waals surface area contributed by atoms with Crippen molar-refractivity contribution >= 4 is 46.0 Å². The van der Waals surface area contributed by atoms with E-state index in [1.165, 1.54) is 6.92 Å². The lowest BCUT2D eigenvalue weighted by Gasteiger charge is -2.19. The van der Waals surface area contributed by atoms with E-state index in [4.69, 9.17) is 27.9 Å². The zero-order valence-corrected chi connectivity index (χ0v) is 16.3. The molecule has 7 heteroatoms. The van der Waals surface area contributed by atoms with Gasteiger partial charge in [-0.25, -0.2) is 4.79 Å². The Morgan fingerprint density at radius 2 is 1.81 bits per heavy atom. The molecule has 0 saturated heterocycles. The van der Waals surface area contributed by atoms with Crippen molar-refractivity contribution in [3.63, 3.8) is 0 Å². The Morgan fingerprint density at radius 3 is 2.52 bits per heavy atom. The van der Waals surface area contributed by atoms with Gasteiger partial charge in [-0.3, -0.25) is 4.79 Å². The summed E-state index contributed by atoms with van der Waals surface area (Å²) in [5, 5.41) is 4.65. The van der Waals surface area contributed by atoms with Gasteiger partial charge < -0.3 is 15.0 Å². The quantitative estimate of drug-likeness (QED) is 0.594. The topological polar surface area (TPSA) is 71.2 Å². The van der Waals surface area contributed by atoms with E-state index in [0.29, 0.717) is 15.7 Å². The molecule has 2 N–H and O–H groups in total. The van der Waals surface area contributed by atoms with Gasteiger partial charge >= 0.3 is 5.97 Å². The molecule has 0 radical (unpaired) electrons. The van der Waals surface area contributed by atoms with Crippen molar-refractivity contribution in [3.8, 4) is 0 Å². The predicted molar refractivity (Wildman–Crippen MR) is 106 cm³/mol. The maximum atomic E-state index is 12.4. The van der Waals surface area contributed by atoms with Gasteiger partial charge in [-0.15, -0.1) is 0 Å². The number of halogens is 2. The van der Waals surface area contributed by atoms with Crippen LogP contribution in [0.15, 0.2) is 48.5 Å². The van der Waals surface area contributed by atoms with Crippen LogP contribution in [-0.4, -0.2) is 23.0 Å². The van der Waals surface area contributed by atoms with Crippen molar-refractivity contribution in [1.82, 2.24) is 10.3 Å². The molecule has 0 unspecified atom stereocenters. The number of nitrogens with one attached hydrogen (secondary N) is 2. The third-order valence-electron chi connectivity index (χ3n) is 4.19. The van der Waals surface area contributed by atoms with Crippen LogP contribution in [0.1, 0.15) is 35.9 Å². The van der Waals surface area contributed by atoms with Crippen LogP contribution in [0.5, 0.6) is 0 Å². The van der Waals surface area contributed by atoms with Gasteiger partial charge in [0.2, 0.25) is 0 Å². The van der Waals surface area contributed by atoms with E-state index < -0.39 is 18.0 Å². The van der Waals surface area contributed by atoms with Gasteiger partial charge in [0.1, 0.15) is 5.69 Å². The number of hydrogen-bond acceptors (Lipinski definition) is 3. The average molecular weight is 405 g/mol. The number of benzene rings is 2. The van der Waals surface area contributed by atoms with Gasteiger partial charge in [0.15, 0.2) is 6.10 Å². The van der Waals surface area contributed by atoms with Gasteiger partial charge in [-0.05, 0) is 43.7 Å². The molecule has 1 heterocycles. The van der Waals surface area contributed by atoms with E-state index in [2.05, 4.69) is 10.3 Å². The SMILES string of the molecule is C[C@H](NC(=O)[C@@H](C)OC(=O)c1cc2ccccc2[nH]1)c1ccc(Cl)cc1Cl. The first-order valence-corrected chi connectivity index (χ1v) is 9.15. The second-order valence-corrected chi connectivity index (χ2v) is 7.06. The Hall–Kier alpha value is -2.50. The smallest absolute Gasteiger partial charge is 0.355 e. The van der Waals surface area contributed by atoms with E-state index >= 15 is 0 Å². The minimum Gasteiger partial charge on any atom is -0.448 e. The maximum Gasteiger partial charge on any atom is 0.355 e. The zero-order chi connectivity index (χ0) is 19.6. The molecule has 0 aliphatic carbocycles. The highest BCUT2D eigenvalue weighted by Crippen LogP contribution is 2.26. The normalized spacial score (nSPS) is 13.2. The van der Waals surface area contributed by atoms with Crippen LogP contribution < -0.4 is 5.32 Å². The molecule has 5 nitrogen and oxygen atoms in total. The van der Waals surface area contributed by atoms with Crippen molar-refractivity contribution in [3.05, 3.63) is 69.8 Å². The highest BCUT2D eigenvalue weighted by Gasteiger charge is 2.22. The van der Waals surface area contributed by atoms with Gasteiger partial charge in [0.05, 0.1) is 6.04 Å². The van der Waals surface area contributed by atoms with E-state index in [9.17, 15) is 9.59 Å². The Labute approximate surface area is 166 Å². The Balaban J connectivity index is 1.63. The minimum absolute atomic E-state index is 0.296. The molecule has 2 aromatic carbocycles. The van der Waals surface area contributed by atoms with E-state index in [-0.39, 0.29) is 6.04 Å². The summed E-state index contributed by atoms with van der Waals surface area (Å²) >= 11 is 12.1. The lowest BCUT2D eigenvalue weighted by atomic mass is 10.1. The lowest BCUT2D eigenvalue weighted by molar-refractivity contribution is -0.129. The summed E-state index contributed by atoms with van der Waals surface area (Å²) in [6.07, 6.45) is -0.961. The summed E-state index contributed by atoms with van der Waals surface area (Å²) in [6.45, 7) is 3.31. The number of para-hydroxylation sites is 1.